The molecule has 7 nitrogen and oxygen atoms in total. The van der Waals surface area contributed by atoms with E-state index in [2.05, 4.69) is 10.1 Å². The number of benzene rings is 1. The Morgan fingerprint density at radius 2 is 1.93 bits per heavy atom. The summed E-state index contributed by atoms with van der Waals surface area (Å²) >= 11 is 0. The monoisotopic (exact) mass is 388 g/mol. The predicted octanol–water partition coefficient (Wildman–Crippen LogP) is 2.74. The van der Waals surface area contributed by atoms with Crippen LogP contribution in [-0.2, 0) is 11.3 Å². The van der Waals surface area contributed by atoms with Gasteiger partial charge in [0.15, 0.2) is 17.3 Å². The highest BCUT2D eigenvalue weighted by Gasteiger charge is 2.22. The van der Waals surface area contributed by atoms with Gasteiger partial charge in [-0.1, -0.05) is 6.07 Å². The molecule has 0 aliphatic rings. The first-order valence-corrected chi connectivity index (χ1v) is 8.53. The molecule has 1 N–H and O–H groups in total. The molecule has 0 spiro atoms. The molecule has 0 atom stereocenters. The first kappa shape index (κ1) is 19.4. The van der Waals surface area contributed by atoms with Crippen LogP contribution in [0.1, 0.15) is 33.7 Å². The Labute approximate surface area is 159 Å². The molecule has 0 aliphatic carbocycles. The summed E-state index contributed by atoms with van der Waals surface area (Å²) in [5, 5.41) is 13.3. The third kappa shape index (κ3) is 3.98. The third-order valence-corrected chi connectivity index (χ3v) is 4.32. The van der Waals surface area contributed by atoms with E-state index in [0.717, 1.165) is 17.8 Å². The van der Waals surface area contributed by atoms with Crippen molar-refractivity contribution in [1.82, 2.24) is 19.5 Å². The maximum atomic E-state index is 13.5. The van der Waals surface area contributed by atoms with Gasteiger partial charge in [0.25, 0.3) is 5.91 Å². The fourth-order valence-electron chi connectivity index (χ4n) is 2.88. The third-order valence-electron chi connectivity index (χ3n) is 4.32. The summed E-state index contributed by atoms with van der Waals surface area (Å²) in [6, 6.07) is 5.08. The SMILES string of the molecule is Cc1cc2ncc(C(=O)N(CCC(=O)O)Cc3ccc(F)c(F)c3)c(C)n2n1. The smallest absolute Gasteiger partial charge is 0.305 e. The highest BCUT2D eigenvalue weighted by atomic mass is 19.2. The van der Waals surface area contributed by atoms with E-state index in [0.29, 0.717) is 16.9 Å². The zero-order valence-electron chi connectivity index (χ0n) is 15.3. The lowest BCUT2D eigenvalue weighted by atomic mass is 10.1. The Balaban J connectivity index is 1.94. The van der Waals surface area contributed by atoms with Gasteiger partial charge in [0.05, 0.1) is 23.4 Å². The molecule has 1 amide bonds. The summed E-state index contributed by atoms with van der Waals surface area (Å²) in [5.41, 5.74) is 2.48. The van der Waals surface area contributed by atoms with E-state index in [-0.39, 0.29) is 25.1 Å². The van der Waals surface area contributed by atoms with Gasteiger partial charge in [0, 0.05) is 25.4 Å². The van der Waals surface area contributed by atoms with Crippen molar-refractivity contribution in [2.24, 2.45) is 0 Å². The van der Waals surface area contributed by atoms with Gasteiger partial charge in [-0.15, -0.1) is 0 Å². The van der Waals surface area contributed by atoms with Crippen molar-refractivity contribution in [2.45, 2.75) is 26.8 Å². The van der Waals surface area contributed by atoms with Crippen LogP contribution in [0, 0.1) is 25.5 Å². The van der Waals surface area contributed by atoms with E-state index in [1.165, 1.54) is 21.7 Å². The number of aromatic nitrogens is 3. The number of rotatable bonds is 6. The van der Waals surface area contributed by atoms with Crippen molar-refractivity contribution in [3.05, 3.63) is 64.6 Å². The molecule has 3 rings (SSSR count). The molecule has 2 aromatic heterocycles. The maximum absolute atomic E-state index is 13.5. The van der Waals surface area contributed by atoms with Crippen molar-refractivity contribution < 1.29 is 23.5 Å². The zero-order valence-corrected chi connectivity index (χ0v) is 15.3. The number of carboxylic acids is 1. The number of carbonyl (C=O) groups excluding carboxylic acids is 1. The van der Waals surface area contributed by atoms with E-state index in [9.17, 15) is 18.4 Å². The average Bonchev–Trinajstić information content (AvgIpc) is 3.02. The molecule has 9 heteroatoms. The molecule has 0 saturated carbocycles. The maximum Gasteiger partial charge on any atom is 0.305 e. The second-order valence-corrected chi connectivity index (χ2v) is 6.43. The van der Waals surface area contributed by atoms with E-state index in [1.54, 1.807) is 19.9 Å². The van der Waals surface area contributed by atoms with Crippen molar-refractivity contribution in [2.75, 3.05) is 6.54 Å². The van der Waals surface area contributed by atoms with Gasteiger partial charge in [0.2, 0.25) is 0 Å². The van der Waals surface area contributed by atoms with Crippen molar-refractivity contribution in [1.29, 1.82) is 0 Å². The molecular formula is C19H18F2N4O3. The highest BCUT2D eigenvalue weighted by Crippen LogP contribution is 2.17. The summed E-state index contributed by atoms with van der Waals surface area (Å²) < 4.78 is 28.2. The number of halogens is 2. The largest absolute Gasteiger partial charge is 0.481 e. The van der Waals surface area contributed by atoms with Gasteiger partial charge in [-0.25, -0.2) is 18.3 Å². The lowest BCUT2D eigenvalue weighted by molar-refractivity contribution is -0.137. The Morgan fingerprint density at radius 3 is 2.61 bits per heavy atom. The summed E-state index contributed by atoms with van der Waals surface area (Å²) in [5.74, 6) is -3.57. The first-order valence-electron chi connectivity index (χ1n) is 8.53. The van der Waals surface area contributed by atoms with Crippen LogP contribution in [-0.4, -0.2) is 43.0 Å². The van der Waals surface area contributed by atoms with Crippen LogP contribution in [0.15, 0.2) is 30.5 Å². The molecule has 0 radical (unpaired) electrons. The minimum absolute atomic E-state index is 0.0705. The zero-order chi connectivity index (χ0) is 20.4. The Bertz CT molecular complexity index is 1060. The molecule has 1 aromatic carbocycles. The van der Waals surface area contributed by atoms with Gasteiger partial charge in [-0.3, -0.25) is 9.59 Å². The fraction of sp³-hybridized carbons (Fsp3) is 0.263. The fourth-order valence-corrected chi connectivity index (χ4v) is 2.88. The molecule has 0 aliphatic heterocycles. The van der Waals surface area contributed by atoms with Crippen LogP contribution < -0.4 is 0 Å². The Hall–Kier alpha value is -3.36. The topological polar surface area (TPSA) is 87.8 Å². The minimum Gasteiger partial charge on any atom is -0.481 e. The molecule has 146 valence electrons. The highest BCUT2D eigenvalue weighted by molar-refractivity contribution is 5.95. The Kier molecular flexibility index (Phi) is 5.34. The normalized spacial score (nSPS) is 11.0. The van der Waals surface area contributed by atoms with E-state index < -0.39 is 23.5 Å². The second-order valence-electron chi connectivity index (χ2n) is 6.43. The molecule has 2 heterocycles. The predicted molar refractivity (Wildman–Crippen MR) is 95.8 cm³/mol. The van der Waals surface area contributed by atoms with Crippen LogP contribution >= 0.6 is 0 Å². The summed E-state index contributed by atoms with van der Waals surface area (Å²) in [6.45, 7) is 3.35. The number of hydrogen-bond donors (Lipinski definition) is 1. The van der Waals surface area contributed by atoms with Crippen molar-refractivity contribution in [3.63, 3.8) is 0 Å². The van der Waals surface area contributed by atoms with Gasteiger partial charge in [-0.05, 0) is 31.5 Å². The van der Waals surface area contributed by atoms with Crippen LogP contribution in [0.25, 0.3) is 5.65 Å². The van der Waals surface area contributed by atoms with Crippen LogP contribution in [0.3, 0.4) is 0 Å². The molecule has 0 unspecified atom stereocenters. The van der Waals surface area contributed by atoms with E-state index >= 15 is 0 Å². The van der Waals surface area contributed by atoms with E-state index in [1.807, 2.05) is 0 Å². The molecule has 3 aromatic rings. The van der Waals surface area contributed by atoms with E-state index in [4.69, 9.17) is 5.11 Å². The number of fused-ring (bicyclic) bond motifs is 1. The van der Waals surface area contributed by atoms with Gasteiger partial charge < -0.3 is 10.0 Å². The quantitative estimate of drug-likeness (QED) is 0.702. The van der Waals surface area contributed by atoms with Gasteiger partial charge in [0.1, 0.15) is 0 Å². The minimum atomic E-state index is -1.07. The number of aliphatic carboxylic acids is 1. The average molecular weight is 388 g/mol. The Morgan fingerprint density at radius 1 is 1.18 bits per heavy atom. The number of aryl methyl sites for hydroxylation is 2. The van der Waals surface area contributed by atoms with Crippen molar-refractivity contribution in [3.8, 4) is 0 Å². The number of carboxylic acid groups (broad SMARTS) is 1. The lowest BCUT2D eigenvalue weighted by Crippen LogP contribution is -2.33. The van der Waals surface area contributed by atoms with Gasteiger partial charge in [-0.2, -0.15) is 5.10 Å². The molecule has 28 heavy (non-hydrogen) atoms. The number of nitrogens with zero attached hydrogens (tertiary/aromatic N) is 4. The van der Waals surface area contributed by atoms with Crippen LogP contribution in [0.5, 0.6) is 0 Å². The first-order chi connectivity index (χ1) is 13.3. The van der Waals surface area contributed by atoms with Crippen LogP contribution in [0.4, 0.5) is 8.78 Å². The number of hydrogen-bond acceptors (Lipinski definition) is 4. The van der Waals surface area contributed by atoms with Crippen molar-refractivity contribution >= 4 is 17.5 Å². The number of amides is 1. The second kappa shape index (κ2) is 7.71. The van der Waals surface area contributed by atoms with Crippen LogP contribution in [0.2, 0.25) is 0 Å². The summed E-state index contributed by atoms with van der Waals surface area (Å²) in [4.78, 5) is 29.5. The number of carbonyl (C=O) groups is 2. The summed E-state index contributed by atoms with van der Waals surface area (Å²) in [6.07, 6.45) is 1.12. The van der Waals surface area contributed by atoms with Gasteiger partial charge >= 0.3 is 5.97 Å². The standard InChI is InChI=1S/C19H18F2N4O3/c1-11-7-17-22-9-14(12(2)25(17)23-11)19(28)24(6-5-18(26)27)10-13-3-4-15(20)16(21)8-13/h3-4,7-9H,5-6,10H2,1-2H3,(H,26,27). The molecule has 0 saturated heterocycles. The molecule has 0 bridgehead atoms. The molecule has 0 fully saturated rings. The summed E-state index contributed by atoms with van der Waals surface area (Å²) in [7, 11) is 0. The molecular weight excluding hydrogens is 370 g/mol. The lowest BCUT2D eigenvalue weighted by Gasteiger charge is -2.23.